The SMILES string of the molecule is CO[C@@H]1C(=O)Nc2ccc(/C=C/[C@]3(C)CC[C@@H](OC(=O)[C@](OC)(c4ccccc4)C(F)(F)F)[C@@H](C)C3)c(O)c2[C@@]1(O)c1ccccc1. The Balaban J connectivity index is 1.38. The predicted octanol–water partition coefficient (Wildman–Crippen LogP) is 6.45. The molecule has 1 aliphatic carbocycles. The van der Waals surface area contributed by atoms with Gasteiger partial charge in [-0.1, -0.05) is 86.7 Å². The third-order valence-electron chi connectivity index (χ3n) is 9.44. The molecular weight excluding hydrogens is 615 g/mol. The summed E-state index contributed by atoms with van der Waals surface area (Å²) in [6.45, 7) is 3.80. The lowest BCUT2D eigenvalue weighted by Gasteiger charge is -2.41. The van der Waals surface area contributed by atoms with Crippen LogP contribution in [0.15, 0.2) is 78.9 Å². The number of hydrogen-bond acceptors (Lipinski definition) is 7. The van der Waals surface area contributed by atoms with Gasteiger partial charge < -0.3 is 29.7 Å². The summed E-state index contributed by atoms with van der Waals surface area (Å²) < 4.78 is 59.0. The average Bonchev–Trinajstić information content (AvgIpc) is 3.03. The lowest BCUT2D eigenvalue weighted by Crippen LogP contribution is -2.53. The van der Waals surface area contributed by atoms with Crippen LogP contribution in [0.5, 0.6) is 5.75 Å². The van der Waals surface area contributed by atoms with Crippen molar-refractivity contribution < 1.29 is 47.2 Å². The van der Waals surface area contributed by atoms with Crippen LogP contribution in [0.25, 0.3) is 6.08 Å². The summed E-state index contributed by atoms with van der Waals surface area (Å²) in [5.41, 5.74) is -5.00. The number of esters is 1. The van der Waals surface area contributed by atoms with Crippen LogP contribution in [-0.4, -0.2) is 54.7 Å². The van der Waals surface area contributed by atoms with Crippen molar-refractivity contribution >= 4 is 23.6 Å². The average molecular weight is 654 g/mol. The van der Waals surface area contributed by atoms with Gasteiger partial charge in [0.05, 0.1) is 11.3 Å². The number of aliphatic hydroxyl groups is 1. The minimum Gasteiger partial charge on any atom is -0.507 e. The summed E-state index contributed by atoms with van der Waals surface area (Å²) in [6.07, 6.45) is -2.32. The minimum absolute atomic E-state index is 0.0937. The maximum Gasteiger partial charge on any atom is 0.432 e. The molecular formula is C36H38F3NO7. The number of carbonyl (C=O) groups is 2. The highest BCUT2D eigenvalue weighted by Crippen LogP contribution is 2.49. The number of rotatable bonds is 8. The van der Waals surface area contributed by atoms with Crippen molar-refractivity contribution in [3.63, 3.8) is 0 Å². The van der Waals surface area contributed by atoms with E-state index in [1.165, 1.54) is 31.4 Å². The monoisotopic (exact) mass is 653 g/mol. The van der Waals surface area contributed by atoms with Gasteiger partial charge in [0, 0.05) is 25.3 Å². The molecule has 1 aliphatic heterocycles. The third kappa shape index (κ3) is 5.92. The molecule has 250 valence electrons. The maximum atomic E-state index is 14.4. The molecule has 3 aromatic carbocycles. The number of halogens is 3. The summed E-state index contributed by atoms with van der Waals surface area (Å²) in [5, 5.41) is 26.3. The molecule has 5 rings (SSSR count). The van der Waals surface area contributed by atoms with Crippen molar-refractivity contribution in [1.29, 1.82) is 0 Å². The zero-order valence-corrected chi connectivity index (χ0v) is 26.5. The van der Waals surface area contributed by atoms with Crippen LogP contribution >= 0.6 is 0 Å². The van der Waals surface area contributed by atoms with Gasteiger partial charge in [0.1, 0.15) is 11.9 Å². The quantitative estimate of drug-likeness (QED) is 0.240. The van der Waals surface area contributed by atoms with E-state index in [2.05, 4.69) is 5.32 Å². The molecule has 0 spiro atoms. The van der Waals surface area contributed by atoms with Gasteiger partial charge in [-0.05, 0) is 48.3 Å². The number of nitrogens with one attached hydrogen (secondary N) is 1. The van der Waals surface area contributed by atoms with E-state index < -0.39 is 46.9 Å². The Morgan fingerprint density at radius 2 is 1.66 bits per heavy atom. The number of fused-ring (bicyclic) bond motifs is 1. The molecule has 1 amide bonds. The molecule has 1 fully saturated rings. The molecule has 3 N–H and O–H groups in total. The standard InChI is InChI=1S/C36H38F3NO7/c1-22-21-33(2,20-18-27(22)47-32(43)35(46-4,36(37,38)39)25-13-9-6-10-14-25)19-17-23-15-16-26-28(29(23)41)34(44,24-11-7-5-8-12-24)30(45-3)31(42)40-26/h5-17,19,22,27,30,41,44H,18,20-21H2,1-4H3,(H,40,42)/b19-17+/t22-,27+,30+,33+,34-,35+/m0/s1. The molecule has 0 saturated heterocycles. The van der Waals surface area contributed by atoms with Gasteiger partial charge in [-0.3, -0.25) is 4.79 Å². The molecule has 8 nitrogen and oxygen atoms in total. The molecule has 0 unspecified atom stereocenters. The van der Waals surface area contributed by atoms with Crippen LogP contribution in [-0.2, 0) is 35.0 Å². The van der Waals surface area contributed by atoms with Gasteiger partial charge >= 0.3 is 12.1 Å². The van der Waals surface area contributed by atoms with Crippen LogP contribution in [0.1, 0.15) is 55.4 Å². The first kappa shape index (κ1) is 34.2. The van der Waals surface area contributed by atoms with E-state index in [9.17, 15) is 33.0 Å². The molecule has 0 radical (unpaired) electrons. The third-order valence-corrected chi connectivity index (χ3v) is 9.44. The van der Waals surface area contributed by atoms with Crippen LogP contribution in [0.4, 0.5) is 18.9 Å². The Morgan fingerprint density at radius 1 is 1.02 bits per heavy atom. The highest BCUT2D eigenvalue weighted by atomic mass is 19.4. The lowest BCUT2D eigenvalue weighted by molar-refractivity contribution is -0.279. The molecule has 47 heavy (non-hydrogen) atoms. The molecule has 3 aromatic rings. The van der Waals surface area contributed by atoms with Crippen molar-refractivity contribution in [3.8, 4) is 5.75 Å². The second kappa shape index (κ2) is 12.8. The summed E-state index contributed by atoms with van der Waals surface area (Å²) >= 11 is 0. The van der Waals surface area contributed by atoms with Gasteiger partial charge in [0.2, 0.25) is 0 Å². The number of hydrogen-bond donors (Lipinski definition) is 3. The number of ether oxygens (including phenoxy) is 3. The first-order valence-corrected chi connectivity index (χ1v) is 15.3. The van der Waals surface area contributed by atoms with Crippen molar-refractivity contribution in [2.24, 2.45) is 11.3 Å². The van der Waals surface area contributed by atoms with Gasteiger partial charge in [-0.15, -0.1) is 0 Å². The van der Waals surface area contributed by atoms with Crippen LogP contribution in [0.2, 0.25) is 0 Å². The summed E-state index contributed by atoms with van der Waals surface area (Å²) in [4.78, 5) is 26.1. The molecule has 2 aliphatic rings. The molecule has 0 aromatic heterocycles. The number of alkyl halides is 3. The fourth-order valence-electron chi connectivity index (χ4n) is 6.97. The number of carbonyl (C=O) groups excluding carboxylic acids is 2. The minimum atomic E-state index is -5.06. The Morgan fingerprint density at radius 3 is 2.23 bits per heavy atom. The van der Waals surface area contributed by atoms with Gasteiger partial charge in [0.15, 0.2) is 11.7 Å². The topological polar surface area (TPSA) is 114 Å². The Kier molecular flexibility index (Phi) is 9.29. The van der Waals surface area contributed by atoms with Crippen molar-refractivity contribution in [3.05, 3.63) is 101 Å². The van der Waals surface area contributed by atoms with E-state index in [4.69, 9.17) is 14.2 Å². The lowest BCUT2D eigenvalue weighted by atomic mass is 9.69. The van der Waals surface area contributed by atoms with Crippen molar-refractivity contribution in [2.75, 3.05) is 19.5 Å². The van der Waals surface area contributed by atoms with E-state index in [-0.39, 0.29) is 28.5 Å². The zero-order chi connectivity index (χ0) is 34.2. The fourth-order valence-corrected chi connectivity index (χ4v) is 6.97. The predicted molar refractivity (Wildman–Crippen MR) is 168 cm³/mol. The summed E-state index contributed by atoms with van der Waals surface area (Å²) in [5.74, 6) is -2.62. The van der Waals surface area contributed by atoms with E-state index in [1.54, 1.807) is 54.6 Å². The Hall–Kier alpha value is -4.19. The molecule has 11 heteroatoms. The molecule has 1 heterocycles. The molecule has 0 bridgehead atoms. The van der Waals surface area contributed by atoms with Crippen molar-refractivity contribution in [2.45, 2.75) is 62.7 Å². The van der Waals surface area contributed by atoms with Gasteiger partial charge in [-0.2, -0.15) is 13.2 Å². The second-order valence-electron chi connectivity index (χ2n) is 12.6. The highest BCUT2D eigenvalue weighted by molar-refractivity contribution is 6.00. The highest BCUT2D eigenvalue weighted by Gasteiger charge is 2.64. The number of aromatic hydroxyl groups is 1. The number of amides is 1. The summed E-state index contributed by atoms with van der Waals surface area (Å²) in [7, 11) is 2.15. The number of phenols is 1. The van der Waals surface area contributed by atoms with Gasteiger partial charge in [0.25, 0.3) is 11.5 Å². The zero-order valence-electron chi connectivity index (χ0n) is 26.5. The Bertz CT molecular complexity index is 1650. The maximum absolute atomic E-state index is 14.4. The number of methoxy groups -OCH3 is 2. The molecule has 1 saturated carbocycles. The van der Waals surface area contributed by atoms with Gasteiger partial charge in [-0.25, -0.2) is 4.79 Å². The largest absolute Gasteiger partial charge is 0.507 e. The van der Waals surface area contributed by atoms with Crippen LogP contribution in [0, 0.1) is 11.3 Å². The van der Waals surface area contributed by atoms with E-state index >= 15 is 0 Å². The van der Waals surface area contributed by atoms with E-state index in [0.29, 0.717) is 30.4 Å². The number of phenolic OH excluding ortho intramolecular Hbond substituents is 1. The molecule has 6 atom stereocenters. The van der Waals surface area contributed by atoms with Crippen LogP contribution in [0.3, 0.4) is 0 Å². The first-order chi connectivity index (χ1) is 22.2. The smallest absolute Gasteiger partial charge is 0.432 e. The normalized spacial score (nSPS) is 27.5. The first-order valence-electron chi connectivity index (χ1n) is 15.3. The number of benzene rings is 3. The van der Waals surface area contributed by atoms with E-state index in [1.807, 2.05) is 19.9 Å². The van der Waals surface area contributed by atoms with Crippen molar-refractivity contribution in [1.82, 2.24) is 0 Å². The van der Waals surface area contributed by atoms with Crippen LogP contribution < -0.4 is 5.32 Å². The fraction of sp³-hybridized carbons (Fsp3) is 0.389. The number of anilines is 1. The number of allylic oxidation sites excluding steroid dienone is 1. The van der Waals surface area contributed by atoms with E-state index in [0.717, 1.165) is 7.11 Å². The second-order valence-corrected chi connectivity index (χ2v) is 12.6. The Labute approximate surface area is 271 Å². The summed E-state index contributed by atoms with van der Waals surface area (Å²) in [6, 6.07) is 18.4.